The van der Waals surface area contributed by atoms with Gasteiger partial charge in [-0.3, -0.25) is 14.2 Å². The fourth-order valence-corrected chi connectivity index (χ4v) is 2.97. The van der Waals surface area contributed by atoms with Gasteiger partial charge in [0.25, 0.3) is 11.4 Å². The predicted molar refractivity (Wildman–Crippen MR) is 97.1 cm³/mol. The van der Waals surface area contributed by atoms with E-state index in [4.69, 9.17) is 4.42 Å². The van der Waals surface area contributed by atoms with E-state index in [1.54, 1.807) is 38.5 Å². The maximum absolute atomic E-state index is 12.8. The molecule has 9 nitrogen and oxygen atoms in total. The Balaban J connectivity index is 1.65. The summed E-state index contributed by atoms with van der Waals surface area (Å²) in [6.07, 6.45) is 4.60. The van der Waals surface area contributed by atoms with Crippen molar-refractivity contribution >= 4 is 0 Å². The van der Waals surface area contributed by atoms with Crippen LogP contribution in [0.4, 0.5) is 8.78 Å². The van der Waals surface area contributed by atoms with Gasteiger partial charge in [0, 0.05) is 61.6 Å². The molecule has 150 valence electrons. The van der Waals surface area contributed by atoms with Crippen molar-refractivity contribution in [3.63, 3.8) is 0 Å². The van der Waals surface area contributed by atoms with Crippen LogP contribution in [0.15, 0.2) is 58.3 Å². The lowest BCUT2D eigenvalue weighted by Gasteiger charge is -2.14. The average Bonchev–Trinajstić information content (AvgIpc) is 3.48. The summed E-state index contributed by atoms with van der Waals surface area (Å²) in [4.78, 5) is 12.8. The van der Waals surface area contributed by atoms with Crippen LogP contribution in [-0.2, 0) is 26.1 Å². The highest BCUT2D eigenvalue weighted by Gasteiger charge is 2.18. The van der Waals surface area contributed by atoms with Gasteiger partial charge in [-0.25, -0.2) is 0 Å². The Bertz CT molecular complexity index is 1120. The molecular weight excluding hydrogens is 384 g/mol. The Morgan fingerprint density at radius 3 is 2.31 bits per heavy atom. The SMILES string of the molecule is O=c1cc(-c2nnc(C(F)F)o2)cc(CCn2cccn2)n1CCn1cccn1. The van der Waals surface area contributed by atoms with Gasteiger partial charge in [0.05, 0.1) is 6.54 Å². The van der Waals surface area contributed by atoms with E-state index in [9.17, 15) is 13.6 Å². The molecule has 0 aliphatic rings. The monoisotopic (exact) mass is 401 g/mol. The molecular formula is C18H17F2N7O2. The Morgan fingerprint density at radius 2 is 1.69 bits per heavy atom. The highest BCUT2D eigenvalue weighted by molar-refractivity contribution is 5.52. The van der Waals surface area contributed by atoms with Crippen molar-refractivity contribution in [2.24, 2.45) is 0 Å². The third kappa shape index (κ3) is 4.28. The van der Waals surface area contributed by atoms with Gasteiger partial charge in [0.1, 0.15) is 0 Å². The minimum absolute atomic E-state index is 0.114. The molecule has 0 aliphatic heterocycles. The van der Waals surface area contributed by atoms with Gasteiger partial charge in [0.15, 0.2) is 0 Å². The lowest BCUT2D eigenvalue weighted by atomic mass is 10.1. The van der Waals surface area contributed by atoms with Gasteiger partial charge >= 0.3 is 6.43 Å². The fourth-order valence-electron chi connectivity index (χ4n) is 2.97. The molecule has 0 unspecified atom stereocenters. The van der Waals surface area contributed by atoms with Crippen molar-refractivity contribution in [2.75, 3.05) is 0 Å². The summed E-state index contributed by atoms with van der Waals surface area (Å²) in [5.74, 6) is -0.891. The van der Waals surface area contributed by atoms with E-state index in [0.717, 1.165) is 0 Å². The van der Waals surface area contributed by atoms with Crippen LogP contribution in [0.25, 0.3) is 11.5 Å². The van der Waals surface area contributed by atoms with Crippen LogP contribution in [0.1, 0.15) is 18.0 Å². The Kier molecular flexibility index (Phi) is 5.27. The third-order valence-electron chi connectivity index (χ3n) is 4.36. The van der Waals surface area contributed by atoms with E-state index in [2.05, 4.69) is 20.4 Å². The van der Waals surface area contributed by atoms with Crippen LogP contribution >= 0.6 is 0 Å². The zero-order chi connectivity index (χ0) is 20.2. The number of halogens is 2. The van der Waals surface area contributed by atoms with E-state index in [1.165, 1.54) is 6.07 Å². The molecule has 0 aliphatic carbocycles. The first kappa shape index (κ1) is 18.7. The number of hydrogen-bond acceptors (Lipinski definition) is 6. The zero-order valence-electron chi connectivity index (χ0n) is 15.2. The first-order valence-electron chi connectivity index (χ1n) is 8.90. The van der Waals surface area contributed by atoms with Crippen molar-refractivity contribution < 1.29 is 13.2 Å². The summed E-state index contributed by atoms with van der Waals surface area (Å²) in [5.41, 5.74) is 0.717. The van der Waals surface area contributed by atoms with Gasteiger partial charge in [-0.1, -0.05) is 0 Å². The van der Waals surface area contributed by atoms with E-state index in [1.807, 2.05) is 18.5 Å². The number of alkyl halides is 2. The molecule has 11 heteroatoms. The third-order valence-corrected chi connectivity index (χ3v) is 4.36. The van der Waals surface area contributed by atoms with Crippen LogP contribution in [0.5, 0.6) is 0 Å². The van der Waals surface area contributed by atoms with Crippen molar-refractivity contribution in [2.45, 2.75) is 32.5 Å². The zero-order valence-corrected chi connectivity index (χ0v) is 15.2. The van der Waals surface area contributed by atoms with Gasteiger partial charge in [0.2, 0.25) is 5.89 Å². The standard InChI is InChI=1S/C18H17F2N7O2/c19-16(20)18-24-23-17(29-18)13-11-14(3-8-25-6-1-4-21-25)27(15(28)12-13)10-9-26-7-2-5-22-26/h1-2,4-7,11-12,16H,3,8-10H2. The van der Waals surface area contributed by atoms with E-state index in [0.29, 0.717) is 37.3 Å². The molecule has 0 saturated heterocycles. The largest absolute Gasteiger partial charge is 0.415 e. The molecule has 4 heterocycles. The second kappa shape index (κ2) is 8.17. The molecule has 0 spiro atoms. The van der Waals surface area contributed by atoms with Gasteiger partial charge in [-0.05, 0) is 18.2 Å². The molecule has 4 aromatic heterocycles. The predicted octanol–water partition coefficient (Wildman–Crippen LogP) is 2.17. The molecule has 4 aromatic rings. The van der Waals surface area contributed by atoms with Crippen LogP contribution in [0, 0.1) is 0 Å². The summed E-state index contributed by atoms with van der Waals surface area (Å²) < 4.78 is 35.6. The Morgan fingerprint density at radius 1 is 0.966 bits per heavy atom. The molecule has 0 saturated carbocycles. The minimum atomic E-state index is -2.87. The smallest absolute Gasteiger partial charge is 0.314 e. The molecule has 0 atom stereocenters. The number of nitrogens with zero attached hydrogens (tertiary/aromatic N) is 7. The summed E-state index contributed by atoms with van der Waals surface area (Å²) in [7, 11) is 0. The maximum Gasteiger partial charge on any atom is 0.314 e. The molecule has 0 bridgehead atoms. The van der Waals surface area contributed by atoms with Crippen molar-refractivity contribution in [1.29, 1.82) is 0 Å². The lowest BCUT2D eigenvalue weighted by Crippen LogP contribution is -2.26. The van der Waals surface area contributed by atoms with Crippen molar-refractivity contribution in [3.05, 3.63) is 71.0 Å². The van der Waals surface area contributed by atoms with Crippen LogP contribution < -0.4 is 5.56 Å². The van der Waals surface area contributed by atoms with Crippen LogP contribution in [-0.4, -0.2) is 34.3 Å². The molecule has 0 radical (unpaired) electrons. The summed E-state index contributed by atoms with van der Waals surface area (Å²) in [6.45, 7) is 1.46. The highest BCUT2D eigenvalue weighted by Crippen LogP contribution is 2.23. The maximum atomic E-state index is 12.8. The van der Waals surface area contributed by atoms with Gasteiger partial charge in [-0.2, -0.15) is 19.0 Å². The Labute approximate surface area is 163 Å². The summed E-state index contributed by atoms with van der Waals surface area (Å²) >= 11 is 0. The summed E-state index contributed by atoms with van der Waals surface area (Å²) in [5, 5.41) is 15.3. The second-order valence-corrected chi connectivity index (χ2v) is 6.26. The lowest BCUT2D eigenvalue weighted by molar-refractivity contribution is 0.116. The summed E-state index contributed by atoms with van der Waals surface area (Å²) in [6, 6.07) is 6.63. The minimum Gasteiger partial charge on any atom is -0.415 e. The number of hydrogen-bond donors (Lipinski definition) is 0. The van der Waals surface area contributed by atoms with Crippen molar-refractivity contribution in [3.8, 4) is 11.5 Å². The van der Waals surface area contributed by atoms with E-state index in [-0.39, 0.29) is 11.4 Å². The molecule has 4 rings (SSSR count). The molecule has 0 amide bonds. The average molecular weight is 401 g/mol. The number of aromatic nitrogens is 7. The number of pyridine rings is 1. The second-order valence-electron chi connectivity index (χ2n) is 6.26. The molecule has 0 aromatic carbocycles. The van der Waals surface area contributed by atoms with Crippen molar-refractivity contribution in [1.82, 2.24) is 34.3 Å². The first-order chi connectivity index (χ1) is 14.1. The van der Waals surface area contributed by atoms with Crippen LogP contribution in [0.2, 0.25) is 0 Å². The Hall–Kier alpha value is -3.63. The molecule has 0 N–H and O–H groups in total. The number of rotatable bonds is 8. The topological polar surface area (TPSA) is 96.6 Å². The van der Waals surface area contributed by atoms with Gasteiger partial charge in [-0.15, -0.1) is 10.2 Å². The number of aryl methyl sites for hydroxylation is 3. The van der Waals surface area contributed by atoms with E-state index >= 15 is 0 Å². The highest BCUT2D eigenvalue weighted by atomic mass is 19.3. The fraction of sp³-hybridized carbons (Fsp3) is 0.278. The quantitative estimate of drug-likeness (QED) is 0.449. The molecule has 29 heavy (non-hydrogen) atoms. The first-order valence-corrected chi connectivity index (χ1v) is 8.90. The molecule has 0 fully saturated rings. The van der Waals surface area contributed by atoms with Gasteiger partial charge < -0.3 is 8.98 Å². The van der Waals surface area contributed by atoms with E-state index < -0.39 is 12.3 Å². The van der Waals surface area contributed by atoms with Crippen LogP contribution in [0.3, 0.4) is 0 Å². The normalized spacial score (nSPS) is 11.4.